The van der Waals surface area contributed by atoms with Gasteiger partial charge in [-0.25, -0.2) is 0 Å². The Morgan fingerprint density at radius 2 is 2.11 bits per heavy atom. The number of benzene rings is 1. The monoisotopic (exact) mass is 356 g/mol. The predicted molar refractivity (Wildman–Crippen MR) is 75.4 cm³/mol. The summed E-state index contributed by atoms with van der Waals surface area (Å²) in [6.07, 6.45) is -4.29. The van der Waals surface area contributed by atoms with Crippen molar-refractivity contribution in [2.45, 2.75) is 6.18 Å². The standard InChI is InChI=1S/C11H12BrF3N2OS/c12-9-5-7(1-2-8(9)10(16)19)17-3-4-18-6-11(13,14)15/h1-2,5,17H,3-4,6H2,(H2,16,19). The minimum atomic E-state index is -4.29. The fraction of sp³-hybridized carbons (Fsp3) is 0.364. The molecule has 0 saturated carbocycles. The molecule has 1 aromatic rings. The van der Waals surface area contributed by atoms with E-state index in [1.54, 1.807) is 18.2 Å². The largest absolute Gasteiger partial charge is 0.411 e. The summed E-state index contributed by atoms with van der Waals surface area (Å²) in [6, 6.07) is 5.21. The van der Waals surface area contributed by atoms with Gasteiger partial charge < -0.3 is 15.8 Å². The lowest BCUT2D eigenvalue weighted by Gasteiger charge is -2.10. The maximum atomic E-state index is 11.8. The number of ether oxygens (including phenoxy) is 1. The van der Waals surface area contributed by atoms with E-state index in [-0.39, 0.29) is 18.1 Å². The zero-order chi connectivity index (χ0) is 14.5. The topological polar surface area (TPSA) is 47.3 Å². The van der Waals surface area contributed by atoms with Crippen LogP contribution in [-0.2, 0) is 4.74 Å². The number of rotatable bonds is 6. The number of alkyl halides is 3. The van der Waals surface area contributed by atoms with Crippen molar-refractivity contribution in [2.24, 2.45) is 5.73 Å². The van der Waals surface area contributed by atoms with Gasteiger partial charge in [-0.15, -0.1) is 0 Å². The first-order valence-corrected chi connectivity index (χ1v) is 6.47. The average Bonchev–Trinajstić information content (AvgIpc) is 2.26. The fourth-order valence-electron chi connectivity index (χ4n) is 1.28. The van der Waals surface area contributed by atoms with Gasteiger partial charge in [-0.2, -0.15) is 13.2 Å². The molecule has 0 atom stereocenters. The molecule has 3 nitrogen and oxygen atoms in total. The third-order valence-electron chi connectivity index (χ3n) is 2.08. The molecule has 0 amide bonds. The molecule has 106 valence electrons. The number of halogens is 4. The first-order valence-electron chi connectivity index (χ1n) is 5.27. The quantitative estimate of drug-likeness (QED) is 0.607. The highest BCUT2D eigenvalue weighted by molar-refractivity contribution is 9.10. The molecular weight excluding hydrogens is 345 g/mol. The van der Waals surface area contributed by atoms with Crippen LogP contribution in [0.15, 0.2) is 22.7 Å². The second kappa shape index (κ2) is 7.06. The highest BCUT2D eigenvalue weighted by atomic mass is 79.9. The summed E-state index contributed by atoms with van der Waals surface area (Å²) in [4.78, 5) is 0.270. The fourth-order valence-corrected chi connectivity index (χ4v) is 2.18. The van der Waals surface area contributed by atoms with Crippen LogP contribution in [0.25, 0.3) is 0 Å². The zero-order valence-corrected chi connectivity index (χ0v) is 12.2. The molecule has 0 aliphatic heterocycles. The predicted octanol–water partition coefficient (Wildman–Crippen LogP) is 3.07. The molecule has 19 heavy (non-hydrogen) atoms. The van der Waals surface area contributed by atoms with E-state index in [2.05, 4.69) is 26.0 Å². The van der Waals surface area contributed by atoms with E-state index in [0.29, 0.717) is 5.56 Å². The Morgan fingerprint density at radius 1 is 1.42 bits per heavy atom. The van der Waals surface area contributed by atoms with Crippen LogP contribution in [0.4, 0.5) is 18.9 Å². The summed E-state index contributed by atoms with van der Waals surface area (Å²) in [7, 11) is 0. The van der Waals surface area contributed by atoms with E-state index in [1.165, 1.54) is 0 Å². The van der Waals surface area contributed by atoms with Crippen molar-refractivity contribution in [1.29, 1.82) is 0 Å². The molecular formula is C11H12BrF3N2OS. The van der Waals surface area contributed by atoms with E-state index in [0.717, 1.165) is 10.2 Å². The molecule has 1 rings (SSSR count). The molecule has 0 aliphatic carbocycles. The summed E-state index contributed by atoms with van der Waals surface area (Å²) in [5.74, 6) is 0. The molecule has 0 spiro atoms. The number of thiocarbonyl (C=S) groups is 1. The molecule has 0 unspecified atom stereocenters. The zero-order valence-electron chi connectivity index (χ0n) is 9.76. The minimum absolute atomic E-state index is 0.0336. The number of hydrogen-bond donors (Lipinski definition) is 2. The maximum absolute atomic E-state index is 11.8. The molecule has 8 heteroatoms. The molecule has 3 N–H and O–H groups in total. The van der Waals surface area contributed by atoms with Crippen LogP contribution in [0.3, 0.4) is 0 Å². The van der Waals surface area contributed by atoms with Gasteiger partial charge in [0, 0.05) is 22.3 Å². The Bertz CT molecular complexity index is 454. The molecule has 0 bridgehead atoms. The van der Waals surface area contributed by atoms with Crippen molar-refractivity contribution in [3.8, 4) is 0 Å². The third-order valence-corrected chi connectivity index (χ3v) is 2.95. The van der Waals surface area contributed by atoms with Gasteiger partial charge in [-0.1, -0.05) is 12.2 Å². The van der Waals surface area contributed by atoms with Crippen LogP contribution in [0, 0.1) is 0 Å². The van der Waals surface area contributed by atoms with Crippen LogP contribution in [0.2, 0.25) is 0 Å². The van der Waals surface area contributed by atoms with Crippen LogP contribution < -0.4 is 11.1 Å². The summed E-state index contributed by atoms with van der Waals surface area (Å²) in [5, 5.41) is 2.93. The van der Waals surface area contributed by atoms with Gasteiger partial charge >= 0.3 is 6.18 Å². The van der Waals surface area contributed by atoms with Crippen LogP contribution >= 0.6 is 28.1 Å². The normalized spacial score (nSPS) is 11.4. The first kappa shape index (κ1) is 16.2. The van der Waals surface area contributed by atoms with E-state index in [9.17, 15) is 13.2 Å². The highest BCUT2D eigenvalue weighted by Gasteiger charge is 2.27. The van der Waals surface area contributed by atoms with Gasteiger partial charge in [-0.05, 0) is 34.1 Å². The van der Waals surface area contributed by atoms with Crippen molar-refractivity contribution >= 4 is 38.8 Å². The van der Waals surface area contributed by atoms with E-state index in [4.69, 9.17) is 18.0 Å². The minimum Gasteiger partial charge on any atom is -0.389 e. The molecule has 0 radical (unpaired) electrons. The molecule has 0 heterocycles. The van der Waals surface area contributed by atoms with Gasteiger partial charge in [0.1, 0.15) is 11.6 Å². The van der Waals surface area contributed by atoms with Crippen LogP contribution in [0.1, 0.15) is 5.56 Å². The van der Waals surface area contributed by atoms with Gasteiger partial charge in [-0.3, -0.25) is 0 Å². The van der Waals surface area contributed by atoms with Gasteiger partial charge in [0.05, 0.1) is 6.61 Å². The maximum Gasteiger partial charge on any atom is 0.411 e. The number of nitrogens with one attached hydrogen (secondary N) is 1. The second-order valence-corrected chi connectivity index (χ2v) is 4.95. The summed E-state index contributed by atoms with van der Waals surface area (Å²) in [5.41, 5.74) is 6.94. The van der Waals surface area contributed by atoms with Gasteiger partial charge in [0.25, 0.3) is 0 Å². The molecule has 0 saturated heterocycles. The summed E-state index contributed by atoms with van der Waals surface area (Å²) in [6.45, 7) is -0.998. The van der Waals surface area contributed by atoms with E-state index >= 15 is 0 Å². The van der Waals surface area contributed by atoms with Gasteiger partial charge in [0.15, 0.2) is 0 Å². The first-order chi connectivity index (χ1) is 8.79. The number of nitrogens with two attached hydrogens (primary N) is 1. The third kappa shape index (κ3) is 6.22. The SMILES string of the molecule is NC(=S)c1ccc(NCCOCC(F)(F)F)cc1Br. The van der Waals surface area contributed by atoms with Gasteiger partial charge in [0.2, 0.25) is 0 Å². The van der Waals surface area contributed by atoms with Crippen molar-refractivity contribution in [3.63, 3.8) is 0 Å². The lowest BCUT2D eigenvalue weighted by atomic mass is 10.2. The number of hydrogen-bond acceptors (Lipinski definition) is 3. The highest BCUT2D eigenvalue weighted by Crippen LogP contribution is 2.21. The van der Waals surface area contributed by atoms with E-state index < -0.39 is 12.8 Å². The Labute approximate surface area is 122 Å². The molecule has 0 aliphatic rings. The lowest BCUT2D eigenvalue weighted by Crippen LogP contribution is -2.20. The van der Waals surface area contributed by atoms with Crippen LogP contribution in [-0.4, -0.2) is 30.9 Å². The molecule has 1 aromatic carbocycles. The second-order valence-electron chi connectivity index (χ2n) is 3.65. The van der Waals surface area contributed by atoms with E-state index in [1.807, 2.05) is 0 Å². The molecule has 0 fully saturated rings. The Balaban J connectivity index is 2.38. The molecule has 0 aromatic heterocycles. The Kier molecular flexibility index (Phi) is 6.02. The Hall–Kier alpha value is -0.860. The van der Waals surface area contributed by atoms with Crippen molar-refractivity contribution < 1.29 is 17.9 Å². The summed E-state index contributed by atoms with van der Waals surface area (Å²) < 4.78 is 40.6. The summed E-state index contributed by atoms with van der Waals surface area (Å²) >= 11 is 8.16. The lowest BCUT2D eigenvalue weighted by molar-refractivity contribution is -0.172. The van der Waals surface area contributed by atoms with Crippen molar-refractivity contribution in [3.05, 3.63) is 28.2 Å². The smallest absolute Gasteiger partial charge is 0.389 e. The van der Waals surface area contributed by atoms with Crippen LogP contribution in [0.5, 0.6) is 0 Å². The van der Waals surface area contributed by atoms with Crippen molar-refractivity contribution in [2.75, 3.05) is 25.1 Å². The Morgan fingerprint density at radius 3 is 2.63 bits per heavy atom. The number of anilines is 1. The average molecular weight is 357 g/mol. The van der Waals surface area contributed by atoms with Crippen molar-refractivity contribution in [1.82, 2.24) is 0 Å².